The van der Waals surface area contributed by atoms with Gasteiger partial charge in [0.2, 0.25) is 0 Å². The number of hydrogen-bond donors (Lipinski definition) is 1. The average Bonchev–Trinajstić information content (AvgIpc) is 2.45. The summed E-state index contributed by atoms with van der Waals surface area (Å²) in [6, 6.07) is 12.5. The molecule has 0 aromatic heterocycles. The molecule has 0 bridgehead atoms. The van der Waals surface area contributed by atoms with Crippen molar-refractivity contribution in [2.45, 2.75) is 12.7 Å². The van der Waals surface area contributed by atoms with Gasteiger partial charge in [-0.2, -0.15) is 18.4 Å². The smallest absolute Gasteiger partial charge is 0.380 e. The zero-order valence-corrected chi connectivity index (χ0v) is 12.3. The van der Waals surface area contributed by atoms with Crippen molar-refractivity contribution in [2.24, 2.45) is 0 Å². The van der Waals surface area contributed by atoms with Crippen molar-refractivity contribution in [3.05, 3.63) is 63.6 Å². The molecule has 0 aliphatic rings. The molecule has 0 spiro atoms. The highest BCUT2D eigenvalue weighted by Gasteiger charge is 2.33. The number of nitrogens with one attached hydrogen (secondary N) is 1. The third kappa shape index (κ3) is 3.76. The fourth-order valence-electron chi connectivity index (χ4n) is 1.83. The van der Waals surface area contributed by atoms with E-state index in [-0.39, 0.29) is 17.8 Å². The van der Waals surface area contributed by atoms with Gasteiger partial charge in [0.05, 0.1) is 17.2 Å². The predicted molar refractivity (Wildman–Crippen MR) is 77.6 cm³/mol. The highest BCUT2D eigenvalue weighted by atomic mass is 79.9. The minimum atomic E-state index is -4.51. The molecule has 1 N–H and O–H groups in total. The summed E-state index contributed by atoms with van der Waals surface area (Å²) in [6.45, 7) is 0.246. The normalized spacial score (nSPS) is 11.0. The second kappa shape index (κ2) is 6.19. The summed E-state index contributed by atoms with van der Waals surface area (Å²) in [6.07, 6.45) is -4.51. The molecule has 6 heteroatoms. The van der Waals surface area contributed by atoms with Gasteiger partial charge in [0.15, 0.2) is 0 Å². The van der Waals surface area contributed by atoms with Gasteiger partial charge < -0.3 is 5.32 Å². The number of hydrogen-bond acceptors (Lipinski definition) is 2. The Hall–Kier alpha value is -2.00. The van der Waals surface area contributed by atoms with Crippen LogP contribution in [0.1, 0.15) is 16.7 Å². The van der Waals surface area contributed by atoms with E-state index in [2.05, 4.69) is 21.2 Å². The maximum Gasteiger partial charge on any atom is 0.418 e. The lowest BCUT2D eigenvalue weighted by Crippen LogP contribution is -2.11. The third-order valence-corrected chi connectivity index (χ3v) is 3.65. The van der Waals surface area contributed by atoms with E-state index in [0.717, 1.165) is 16.1 Å². The van der Waals surface area contributed by atoms with Crippen LogP contribution in [0.15, 0.2) is 46.9 Å². The molecular weight excluding hydrogens is 345 g/mol. The number of benzene rings is 2. The van der Waals surface area contributed by atoms with Gasteiger partial charge in [0.1, 0.15) is 0 Å². The van der Waals surface area contributed by atoms with E-state index < -0.39 is 11.7 Å². The molecular formula is C15H10BrF3N2. The minimum Gasteiger partial charge on any atom is -0.380 e. The maximum absolute atomic E-state index is 13.0. The first-order valence-electron chi connectivity index (χ1n) is 6.00. The fraction of sp³-hybridized carbons (Fsp3) is 0.133. The molecule has 0 aliphatic heterocycles. The third-order valence-electron chi connectivity index (χ3n) is 2.88. The largest absolute Gasteiger partial charge is 0.418 e. The fourth-order valence-corrected chi connectivity index (χ4v) is 2.26. The van der Waals surface area contributed by atoms with Gasteiger partial charge >= 0.3 is 6.18 Å². The van der Waals surface area contributed by atoms with E-state index in [0.29, 0.717) is 0 Å². The summed E-state index contributed by atoms with van der Waals surface area (Å²) in [5, 5.41) is 11.5. The summed E-state index contributed by atoms with van der Waals surface area (Å²) >= 11 is 3.35. The first kappa shape index (κ1) is 15.4. The quantitative estimate of drug-likeness (QED) is 0.846. The van der Waals surface area contributed by atoms with Gasteiger partial charge in [-0.25, -0.2) is 0 Å². The number of anilines is 1. The molecule has 2 aromatic carbocycles. The van der Waals surface area contributed by atoms with Gasteiger partial charge in [-0.05, 0) is 29.8 Å². The Morgan fingerprint density at radius 1 is 1.14 bits per heavy atom. The summed E-state index contributed by atoms with van der Waals surface area (Å²) < 4.78 is 39.9. The van der Waals surface area contributed by atoms with Crippen molar-refractivity contribution >= 4 is 21.6 Å². The molecule has 0 fully saturated rings. The van der Waals surface area contributed by atoms with E-state index in [4.69, 9.17) is 5.26 Å². The van der Waals surface area contributed by atoms with Crippen LogP contribution in [0.25, 0.3) is 0 Å². The van der Waals surface area contributed by atoms with Crippen molar-refractivity contribution < 1.29 is 13.2 Å². The number of alkyl halides is 3. The predicted octanol–water partition coefficient (Wildman–Crippen LogP) is 4.95. The average molecular weight is 355 g/mol. The SMILES string of the molecule is N#Cc1ccc(NCc2ccccc2Br)c(C(F)(F)F)c1. The Labute approximate surface area is 128 Å². The first-order chi connectivity index (χ1) is 9.91. The van der Waals surface area contributed by atoms with Crippen molar-refractivity contribution in [3.8, 4) is 6.07 Å². The van der Waals surface area contributed by atoms with Crippen LogP contribution in [-0.2, 0) is 12.7 Å². The van der Waals surface area contributed by atoms with Crippen LogP contribution in [-0.4, -0.2) is 0 Å². The lowest BCUT2D eigenvalue weighted by atomic mass is 10.1. The van der Waals surface area contributed by atoms with E-state index in [1.807, 2.05) is 24.3 Å². The van der Waals surface area contributed by atoms with Gasteiger partial charge in [-0.3, -0.25) is 0 Å². The molecule has 0 atom stereocenters. The Morgan fingerprint density at radius 3 is 2.48 bits per heavy atom. The van der Waals surface area contributed by atoms with Crippen LogP contribution < -0.4 is 5.32 Å². The standard InChI is InChI=1S/C15H10BrF3N2/c16-13-4-2-1-3-11(13)9-21-14-6-5-10(8-20)7-12(14)15(17,18)19/h1-7,21H,9H2. The lowest BCUT2D eigenvalue weighted by molar-refractivity contribution is -0.137. The Bertz CT molecular complexity index is 690. The number of rotatable bonds is 3. The molecule has 0 aliphatic carbocycles. The lowest BCUT2D eigenvalue weighted by Gasteiger charge is -2.15. The zero-order valence-electron chi connectivity index (χ0n) is 10.7. The molecule has 0 heterocycles. The molecule has 2 aromatic rings. The van der Waals surface area contributed by atoms with Crippen LogP contribution in [0.3, 0.4) is 0 Å². The van der Waals surface area contributed by atoms with Crippen molar-refractivity contribution in [1.82, 2.24) is 0 Å². The summed E-state index contributed by atoms with van der Waals surface area (Å²) in [5.74, 6) is 0. The molecule has 0 unspecified atom stereocenters. The summed E-state index contributed by atoms with van der Waals surface area (Å²) in [5.41, 5.74) is -0.0605. The maximum atomic E-state index is 13.0. The molecule has 2 rings (SSSR count). The molecule has 108 valence electrons. The molecule has 0 amide bonds. The Kier molecular flexibility index (Phi) is 4.53. The van der Waals surface area contributed by atoms with Gasteiger partial charge in [0.25, 0.3) is 0 Å². The Morgan fingerprint density at radius 2 is 1.86 bits per heavy atom. The monoisotopic (exact) mass is 354 g/mol. The van der Waals surface area contributed by atoms with Crippen LogP contribution in [0.2, 0.25) is 0 Å². The van der Waals surface area contributed by atoms with E-state index in [9.17, 15) is 13.2 Å². The summed E-state index contributed by atoms with van der Waals surface area (Å²) in [4.78, 5) is 0. The van der Waals surface area contributed by atoms with Crippen LogP contribution >= 0.6 is 15.9 Å². The topological polar surface area (TPSA) is 35.8 Å². The number of nitriles is 1. The molecule has 0 saturated carbocycles. The van der Waals surface area contributed by atoms with Crippen LogP contribution in [0, 0.1) is 11.3 Å². The number of halogens is 4. The molecule has 0 radical (unpaired) electrons. The van der Waals surface area contributed by atoms with Gasteiger partial charge in [0, 0.05) is 16.7 Å². The molecule has 0 saturated heterocycles. The van der Waals surface area contributed by atoms with E-state index >= 15 is 0 Å². The zero-order chi connectivity index (χ0) is 15.5. The van der Waals surface area contributed by atoms with Gasteiger partial charge in [-0.1, -0.05) is 34.1 Å². The van der Waals surface area contributed by atoms with Crippen molar-refractivity contribution in [3.63, 3.8) is 0 Å². The van der Waals surface area contributed by atoms with Gasteiger partial charge in [-0.15, -0.1) is 0 Å². The van der Waals surface area contributed by atoms with E-state index in [1.165, 1.54) is 12.1 Å². The second-order valence-corrected chi connectivity index (χ2v) is 5.17. The molecule has 21 heavy (non-hydrogen) atoms. The van der Waals surface area contributed by atoms with Crippen molar-refractivity contribution in [2.75, 3.05) is 5.32 Å². The molecule has 2 nitrogen and oxygen atoms in total. The highest BCUT2D eigenvalue weighted by Crippen LogP contribution is 2.35. The van der Waals surface area contributed by atoms with Crippen molar-refractivity contribution in [1.29, 1.82) is 5.26 Å². The minimum absolute atomic E-state index is 0.0197. The first-order valence-corrected chi connectivity index (χ1v) is 6.80. The highest BCUT2D eigenvalue weighted by molar-refractivity contribution is 9.10. The van der Waals surface area contributed by atoms with Crippen LogP contribution in [0.4, 0.5) is 18.9 Å². The second-order valence-electron chi connectivity index (χ2n) is 4.31. The van der Waals surface area contributed by atoms with E-state index in [1.54, 1.807) is 6.07 Å². The Balaban J connectivity index is 2.28. The number of nitrogens with zero attached hydrogens (tertiary/aromatic N) is 1. The van der Waals surface area contributed by atoms with Crippen LogP contribution in [0.5, 0.6) is 0 Å². The summed E-state index contributed by atoms with van der Waals surface area (Å²) in [7, 11) is 0.